The molecule has 34 heavy (non-hydrogen) atoms. The molecule has 5 rings (SSSR count). The number of aromatic nitrogens is 2. The van der Waals surface area contributed by atoms with Crippen molar-refractivity contribution in [1.29, 1.82) is 0 Å². The van der Waals surface area contributed by atoms with Crippen molar-refractivity contribution >= 4 is 23.4 Å². The van der Waals surface area contributed by atoms with Crippen LogP contribution in [0.5, 0.6) is 11.5 Å². The number of likely N-dealkylation sites (N-methyl/N-ethyl adjacent to an activating group) is 1. The van der Waals surface area contributed by atoms with Crippen molar-refractivity contribution < 1.29 is 23.9 Å². The van der Waals surface area contributed by atoms with E-state index in [9.17, 15) is 14.4 Å². The van der Waals surface area contributed by atoms with Gasteiger partial charge in [-0.15, -0.1) is 0 Å². The highest BCUT2D eigenvalue weighted by Gasteiger charge is 2.46. The summed E-state index contributed by atoms with van der Waals surface area (Å²) in [5.41, 5.74) is -0.196. The molecule has 0 saturated heterocycles. The molecule has 1 atom stereocenters. The Morgan fingerprint density at radius 3 is 2.59 bits per heavy atom. The first-order valence-electron chi connectivity index (χ1n) is 11.7. The lowest BCUT2D eigenvalue weighted by molar-refractivity contribution is -0.133. The van der Waals surface area contributed by atoms with Gasteiger partial charge in [-0.2, -0.15) is 5.10 Å². The standard InChI is InChI=1S/C24H29N5O5/c1-24(23(32)26-15-6-4-3-5-7-15)14-29-18(22(31)28(24)2)13-17(27-29)21(30)25-16-8-9-19-20(12-16)34-11-10-33-19/h8-9,12-13,15H,3-7,10-11,14H2,1-2H3,(H,25,30)(H,26,32). The molecule has 2 aliphatic heterocycles. The molecule has 1 aromatic heterocycles. The van der Waals surface area contributed by atoms with E-state index in [1.54, 1.807) is 32.2 Å². The minimum absolute atomic E-state index is 0.101. The maximum absolute atomic E-state index is 13.2. The molecule has 10 nitrogen and oxygen atoms in total. The lowest BCUT2D eigenvalue weighted by Gasteiger charge is -2.41. The number of nitrogens with one attached hydrogen (secondary N) is 2. The van der Waals surface area contributed by atoms with Crippen molar-refractivity contribution in [1.82, 2.24) is 20.0 Å². The zero-order valence-electron chi connectivity index (χ0n) is 19.4. The lowest BCUT2D eigenvalue weighted by atomic mass is 9.92. The summed E-state index contributed by atoms with van der Waals surface area (Å²) in [4.78, 5) is 40.6. The zero-order chi connectivity index (χ0) is 23.9. The van der Waals surface area contributed by atoms with Gasteiger partial charge in [-0.25, -0.2) is 0 Å². The number of benzene rings is 1. The van der Waals surface area contributed by atoms with Crippen LogP contribution in [0.2, 0.25) is 0 Å². The van der Waals surface area contributed by atoms with E-state index in [-0.39, 0.29) is 35.8 Å². The van der Waals surface area contributed by atoms with Gasteiger partial charge in [0.15, 0.2) is 17.2 Å². The normalized spacial score (nSPS) is 22.2. The third kappa shape index (κ3) is 3.97. The molecule has 2 N–H and O–H groups in total. The highest BCUT2D eigenvalue weighted by Crippen LogP contribution is 2.33. The number of carbonyl (C=O) groups excluding carboxylic acids is 3. The average molecular weight is 468 g/mol. The van der Waals surface area contributed by atoms with Crippen LogP contribution in [-0.2, 0) is 11.3 Å². The zero-order valence-corrected chi connectivity index (χ0v) is 19.4. The Bertz CT molecular complexity index is 1140. The monoisotopic (exact) mass is 467 g/mol. The lowest BCUT2D eigenvalue weighted by Crippen LogP contribution is -2.63. The summed E-state index contributed by atoms with van der Waals surface area (Å²) in [5, 5.41) is 10.3. The van der Waals surface area contributed by atoms with Crippen molar-refractivity contribution in [3.63, 3.8) is 0 Å². The second-order valence-corrected chi connectivity index (χ2v) is 9.33. The summed E-state index contributed by atoms with van der Waals surface area (Å²) in [6, 6.07) is 6.73. The molecule has 1 aromatic carbocycles. The molecule has 0 bridgehead atoms. The third-order valence-corrected chi connectivity index (χ3v) is 6.96. The van der Waals surface area contributed by atoms with E-state index in [4.69, 9.17) is 9.47 Å². The number of rotatable bonds is 4. The molecular weight excluding hydrogens is 438 g/mol. The number of amides is 3. The van der Waals surface area contributed by atoms with Crippen molar-refractivity contribution in [2.24, 2.45) is 0 Å². The fourth-order valence-corrected chi connectivity index (χ4v) is 4.74. The van der Waals surface area contributed by atoms with Gasteiger partial charge in [0.05, 0.1) is 6.54 Å². The van der Waals surface area contributed by atoms with E-state index < -0.39 is 11.4 Å². The van der Waals surface area contributed by atoms with Gasteiger partial charge in [-0.05, 0) is 31.9 Å². The molecule has 1 aliphatic carbocycles. The van der Waals surface area contributed by atoms with Crippen molar-refractivity contribution in [3.8, 4) is 11.5 Å². The summed E-state index contributed by atoms with van der Waals surface area (Å²) >= 11 is 0. The number of anilines is 1. The van der Waals surface area contributed by atoms with Crippen LogP contribution in [-0.4, -0.2) is 64.2 Å². The number of nitrogens with zero attached hydrogens (tertiary/aromatic N) is 3. The molecule has 1 unspecified atom stereocenters. The summed E-state index contributed by atoms with van der Waals surface area (Å²) in [6.07, 6.45) is 5.30. The fraction of sp³-hybridized carbons (Fsp3) is 0.500. The van der Waals surface area contributed by atoms with Crippen molar-refractivity contribution in [2.75, 3.05) is 25.6 Å². The number of hydrogen-bond donors (Lipinski definition) is 2. The highest BCUT2D eigenvalue weighted by molar-refractivity contribution is 6.06. The van der Waals surface area contributed by atoms with E-state index in [1.807, 2.05) is 0 Å². The molecule has 3 heterocycles. The van der Waals surface area contributed by atoms with Crippen LogP contribution < -0.4 is 20.1 Å². The van der Waals surface area contributed by atoms with Crippen molar-refractivity contribution in [2.45, 2.75) is 57.2 Å². The topological polar surface area (TPSA) is 115 Å². The summed E-state index contributed by atoms with van der Waals surface area (Å²) in [6.45, 7) is 2.84. The Morgan fingerprint density at radius 2 is 1.82 bits per heavy atom. The van der Waals surface area contributed by atoms with Gasteiger partial charge in [0.25, 0.3) is 11.8 Å². The predicted molar refractivity (Wildman–Crippen MR) is 123 cm³/mol. The minimum atomic E-state index is -1.10. The van der Waals surface area contributed by atoms with Gasteiger partial charge in [0, 0.05) is 30.9 Å². The van der Waals surface area contributed by atoms with Crippen LogP contribution in [0.1, 0.15) is 60.0 Å². The van der Waals surface area contributed by atoms with Crippen LogP contribution in [0.4, 0.5) is 5.69 Å². The molecule has 0 radical (unpaired) electrons. The largest absolute Gasteiger partial charge is 0.486 e. The molecule has 10 heteroatoms. The first kappa shape index (κ1) is 22.2. The first-order valence-corrected chi connectivity index (χ1v) is 11.7. The summed E-state index contributed by atoms with van der Waals surface area (Å²) in [5.74, 6) is 0.186. The fourth-order valence-electron chi connectivity index (χ4n) is 4.74. The van der Waals surface area contributed by atoms with Crippen LogP contribution in [0.15, 0.2) is 24.3 Å². The molecule has 3 amide bonds. The van der Waals surface area contributed by atoms with Crippen LogP contribution >= 0.6 is 0 Å². The predicted octanol–water partition coefficient (Wildman–Crippen LogP) is 2.20. The molecule has 1 fully saturated rings. The second kappa shape index (κ2) is 8.66. The van der Waals surface area contributed by atoms with Gasteiger partial charge in [0.2, 0.25) is 5.91 Å². The SMILES string of the molecule is CN1C(=O)c2cc(C(=O)Nc3ccc4c(c3)OCCO4)nn2CC1(C)C(=O)NC1CCCCC1. The first-order chi connectivity index (χ1) is 16.3. The van der Waals surface area contributed by atoms with E-state index >= 15 is 0 Å². The van der Waals surface area contributed by atoms with E-state index in [0.717, 1.165) is 25.7 Å². The van der Waals surface area contributed by atoms with Gasteiger partial charge < -0.3 is 25.0 Å². The van der Waals surface area contributed by atoms with Gasteiger partial charge in [-0.1, -0.05) is 19.3 Å². The molecule has 3 aliphatic rings. The molecule has 180 valence electrons. The maximum atomic E-state index is 13.2. The molecule has 1 saturated carbocycles. The van der Waals surface area contributed by atoms with Crippen LogP contribution in [0, 0.1) is 0 Å². The van der Waals surface area contributed by atoms with E-state index in [0.29, 0.717) is 30.4 Å². The van der Waals surface area contributed by atoms with Gasteiger partial charge >= 0.3 is 0 Å². The van der Waals surface area contributed by atoms with Gasteiger partial charge in [-0.3, -0.25) is 19.1 Å². The number of hydrogen-bond acceptors (Lipinski definition) is 6. The Balaban J connectivity index is 1.33. The Kier molecular flexibility index (Phi) is 5.66. The van der Waals surface area contributed by atoms with Crippen molar-refractivity contribution in [3.05, 3.63) is 35.7 Å². The van der Waals surface area contributed by atoms with Crippen LogP contribution in [0.3, 0.4) is 0 Å². The Morgan fingerprint density at radius 1 is 1.09 bits per heavy atom. The average Bonchev–Trinajstić information content (AvgIpc) is 3.27. The smallest absolute Gasteiger partial charge is 0.276 e. The second-order valence-electron chi connectivity index (χ2n) is 9.33. The van der Waals surface area contributed by atoms with E-state index in [1.165, 1.54) is 22.1 Å². The van der Waals surface area contributed by atoms with Gasteiger partial charge in [0.1, 0.15) is 24.4 Å². The molecule has 0 spiro atoms. The third-order valence-electron chi connectivity index (χ3n) is 6.96. The number of fused-ring (bicyclic) bond motifs is 2. The Labute approximate surface area is 197 Å². The highest BCUT2D eigenvalue weighted by atomic mass is 16.6. The maximum Gasteiger partial charge on any atom is 0.276 e. The minimum Gasteiger partial charge on any atom is -0.486 e. The quantitative estimate of drug-likeness (QED) is 0.713. The number of ether oxygens (including phenoxy) is 2. The summed E-state index contributed by atoms with van der Waals surface area (Å²) in [7, 11) is 1.62. The molecule has 2 aromatic rings. The number of carbonyl (C=O) groups is 3. The van der Waals surface area contributed by atoms with Crippen LogP contribution in [0.25, 0.3) is 0 Å². The summed E-state index contributed by atoms with van der Waals surface area (Å²) < 4.78 is 12.5. The van der Waals surface area contributed by atoms with E-state index in [2.05, 4.69) is 15.7 Å². The molecular formula is C24H29N5O5. The Hall–Kier alpha value is -3.56.